The lowest BCUT2D eigenvalue weighted by molar-refractivity contribution is -0.139. The van der Waals surface area contributed by atoms with Crippen LogP contribution in [0.3, 0.4) is 0 Å². The Morgan fingerprint density at radius 2 is 2.12 bits per heavy atom. The number of anilines is 1. The Balaban J connectivity index is 2.50. The van der Waals surface area contributed by atoms with Crippen LogP contribution >= 0.6 is 0 Å². The van der Waals surface area contributed by atoms with Gasteiger partial charge in [0.1, 0.15) is 6.04 Å². The molecule has 0 fully saturated rings. The zero-order chi connectivity index (χ0) is 12.7. The predicted octanol–water partition coefficient (Wildman–Crippen LogP) is 0.861. The zero-order valence-electron chi connectivity index (χ0n) is 10.1. The standard InChI is InChI=1S/C11H18N4O2/c1-3-4-9(10(16)17)13-5-8-6-14-11(12-2)15-7-8/h6-7,9,13H,3-5H2,1-2H3,(H,16,17)(H,12,14,15)/t9-/m1/s1. The van der Waals surface area contributed by atoms with Crippen molar-refractivity contribution < 1.29 is 9.90 Å². The van der Waals surface area contributed by atoms with E-state index < -0.39 is 12.0 Å². The van der Waals surface area contributed by atoms with Gasteiger partial charge in [0.2, 0.25) is 5.95 Å². The van der Waals surface area contributed by atoms with Gasteiger partial charge in [0.05, 0.1) is 0 Å². The second-order valence-corrected chi connectivity index (χ2v) is 3.73. The minimum absolute atomic E-state index is 0.459. The van der Waals surface area contributed by atoms with Gasteiger partial charge in [-0.05, 0) is 6.42 Å². The first-order chi connectivity index (χ1) is 8.17. The molecule has 1 heterocycles. The molecule has 1 aromatic heterocycles. The minimum Gasteiger partial charge on any atom is -0.480 e. The molecule has 0 saturated carbocycles. The normalized spacial score (nSPS) is 12.1. The zero-order valence-corrected chi connectivity index (χ0v) is 10.1. The van der Waals surface area contributed by atoms with Crippen molar-refractivity contribution in [2.24, 2.45) is 0 Å². The van der Waals surface area contributed by atoms with E-state index in [9.17, 15) is 4.79 Å². The van der Waals surface area contributed by atoms with Crippen LogP contribution in [0.15, 0.2) is 12.4 Å². The molecule has 6 heteroatoms. The molecular weight excluding hydrogens is 220 g/mol. The topological polar surface area (TPSA) is 87.1 Å². The summed E-state index contributed by atoms with van der Waals surface area (Å²) in [5, 5.41) is 14.8. The molecule has 0 amide bonds. The second kappa shape index (κ2) is 6.80. The summed E-state index contributed by atoms with van der Waals surface area (Å²) in [6.45, 7) is 2.42. The molecule has 6 nitrogen and oxygen atoms in total. The van der Waals surface area contributed by atoms with Crippen LogP contribution in [0.25, 0.3) is 0 Å². The summed E-state index contributed by atoms with van der Waals surface area (Å²) in [7, 11) is 1.75. The summed E-state index contributed by atoms with van der Waals surface area (Å²) in [6, 6.07) is -0.510. The summed E-state index contributed by atoms with van der Waals surface area (Å²) < 4.78 is 0. The van der Waals surface area contributed by atoms with E-state index in [1.807, 2.05) is 6.92 Å². The molecule has 94 valence electrons. The Morgan fingerprint density at radius 1 is 1.47 bits per heavy atom. The Morgan fingerprint density at radius 3 is 2.59 bits per heavy atom. The van der Waals surface area contributed by atoms with Crippen LogP contribution in [-0.2, 0) is 11.3 Å². The third-order valence-corrected chi connectivity index (χ3v) is 2.36. The van der Waals surface area contributed by atoms with Gasteiger partial charge >= 0.3 is 5.97 Å². The molecule has 0 bridgehead atoms. The summed E-state index contributed by atoms with van der Waals surface area (Å²) in [6.07, 6.45) is 4.80. The van der Waals surface area contributed by atoms with Crippen molar-refractivity contribution in [1.29, 1.82) is 0 Å². The lowest BCUT2D eigenvalue weighted by atomic mass is 10.1. The molecule has 1 aromatic rings. The first-order valence-corrected chi connectivity index (χ1v) is 5.62. The minimum atomic E-state index is -0.820. The van der Waals surface area contributed by atoms with E-state index in [0.29, 0.717) is 18.9 Å². The van der Waals surface area contributed by atoms with Gasteiger partial charge < -0.3 is 15.7 Å². The second-order valence-electron chi connectivity index (χ2n) is 3.73. The Labute approximate surface area is 100 Å². The highest BCUT2D eigenvalue weighted by molar-refractivity contribution is 5.73. The van der Waals surface area contributed by atoms with E-state index in [2.05, 4.69) is 20.6 Å². The average molecular weight is 238 g/mol. The van der Waals surface area contributed by atoms with Crippen LogP contribution < -0.4 is 10.6 Å². The summed E-state index contributed by atoms with van der Waals surface area (Å²) in [5.74, 6) is -0.267. The maximum absolute atomic E-state index is 10.9. The van der Waals surface area contributed by atoms with E-state index >= 15 is 0 Å². The molecule has 0 spiro atoms. The number of nitrogens with one attached hydrogen (secondary N) is 2. The van der Waals surface area contributed by atoms with Crippen LogP contribution in [-0.4, -0.2) is 34.1 Å². The highest BCUT2D eigenvalue weighted by Crippen LogP contribution is 2.02. The van der Waals surface area contributed by atoms with Crippen LogP contribution in [0.1, 0.15) is 25.3 Å². The van der Waals surface area contributed by atoms with Gasteiger partial charge in [0, 0.05) is 31.5 Å². The van der Waals surface area contributed by atoms with Crippen molar-refractivity contribution in [3.05, 3.63) is 18.0 Å². The third-order valence-electron chi connectivity index (χ3n) is 2.36. The molecule has 0 aromatic carbocycles. The number of rotatable bonds is 7. The van der Waals surface area contributed by atoms with E-state index in [-0.39, 0.29) is 0 Å². The van der Waals surface area contributed by atoms with Gasteiger partial charge in [-0.1, -0.05) is 13.3 Å². The van der Waals surface area contributed by atoms with Crippen molar-refractivity contribution in [2.45, 2.75) is 32.4 Å². The predicted molar refractivity (Wildman–Crippen MR) is 64.8 cm³/mol. The molecule has 1 atom stereocenters. The quantitative estimate of drug-likeness (QED) is 0.653. The molecular formula is C11H18N4O2. The highest BCUT2D eigenvalue weighted by atomic mass is 16.4. The fourth-order valence-electron chi connectivity index (χ4n) is 1.42. The van der Waals surface area contributed by atoms with Crippen molar-refractivity contribution >= 4 is 11.9 Å². The number of aromatic nitrogens is 2. The van der Waals surface area contributed by atoms with Crippen LogP contribution in [0.5, 0.6) is 0 Å². The van der Waals surface area contributed by atoms with Crippen molar-refractivity contribution in [3.63, 3.8) is 0 Å². The summed E-state index contributed by atoms with van der Waals surface area (Å²) >= 11 is 0. The monoisotopic (exact) mass is 238 g/mol. The molecule has 0 radical (unpaired) electrons. The van der Waals surface area contributed by atoms with Crippen LogP contribution in [0.4, 0.5) is 5.95 Å². The Kier molecular flexibility index (Phi) is 5.35. The number of hydrogen-bond acceptors (Lipinski definition) is 5. The fourth-order valence-corrected chi connectivity index (χ4v) is 1.42. The lowest BCUT2D eigenvalue weighted by Gasteiger charge is -2.13. The molecule has 3 N–H and O–H groups in total. The largest absolute Gasteiger partial charge is 0.480 e. The van der Waals surface area contributed by atoms with Gasteiger partial charge in [-0.2, -0.15) is 0 Å². The maximum atomic E-state index is 10.9. The van der Waals surface area contributed by atoms with E-state index in [0.717, 1.165) is 12.0 Å². The highest BCUT2D eigenvalue weighted by Gasteiger charge is 2.15. The van der Waals surface area contributed by atoms with Crippen molar-refractivity contribution in [3.8, 4) is 0 Å². The Hall–Kier alpha value is -1.69. The van der Waals surface area contributed by atoms with Crippen molar-refractivity contribution in [1.82, 2.24) is 15.3 Å². The molecule has 0 aliphatic carbocycles. The number of carboxylic acids is 1. The van der Waals surface area contributed by atoms with Gasteiger partial charge in [-0.25, -0.2) is 9.97 Å². The fraction of sp³-hybridized carbons (Fsp3) is 0.545. The lowest BCUT2D eigenvalue weighted by Crippen LogP contribution is -2.36. The summed E-state index contributed by atoms with van der Waals surface area (Å²) in [4.78, 5) is 19.0. The number of hydrogen-bond donors (Lipinski definition) is 3. The maximum Gasteiger partial charge on any atom is 0.320 e. The SMILES string of the molecule is CCC[C@@H](NCc1cnc(NC)nc1)C(=O)O. The van der Waals surface area contributed by atoms with Gasteiger partial charge in [0.15, 0.2) is 0 Å². The van der Waals surface area contributed by atoms with E-state index in [4.69, 9.17) is 5.11 Å². The van der Waals surface area contributed by atoms with Gasteiger partial charge in [-0.15, -0.1) is 0 Å². The van der Waals surface area contributed by atoms with Crippen LogP contribution in [0, 0.1) is 0 Å². The molecule has 0 unspecified atom stereocenters. The first kappa shape index (κ1) is 13.4. The summed E-state index contributed by atoms with van der Waals surface area (Å²) in [5.41, 5.74) is 0.867. The molecule has 17 heavy (non-hydrogen) atoms. The molecule has 0 aliphatic rings. The number of carboxylic acid groups (broad SMARTS) is 1. The number of nitrogens with zero attached hydrogens (tertiary/aromatic N) is 2. The number of carbonyl (C=O) groups is 1. The molecule has 0 aliphatic heterocycles. The third kappa shape index (κ3) is 4.36. The smallest absolute Gasteiger partial charge is 0.320 e. The Bertz CT molecular complexity index is 353. The first-order valence-electron chi connectivity index (χ1n) is 5.62. The van der Waals surface area contributed by atoms with Crippen molar-refractivity contribution in [2.75, 3.05) is 12.4 Å². The van der Waals surface area contributed by atoms with Crippen LogP contribution in [0.2, 0.25) is 0 Å². The molecule has 1 rings (SSSR count). The average Bonchev–Trinajstić information content (AvgIpc) is 2.34. The van der Waals surface area contributed by atoms with E-state index in [1.54, 1.807) is 19.4 Å². The van der Waals surface area contributed by atoms with Gasteiger partial charge in [-0.3, -0.25) is 4.79 Å². The van der Waals surface area contributed by atoms with Gasteiger partial charge in [0.25, 0.3) is 0 Å². The van der Waals surface area contributed by atoms with E-state index in [1.165, 1.54) is 0 Å². The number of aliphatic carboxylic acids is 1. The molecule has 0 saturated heterocycles.